The second kappa shape index (κ2) is 9.65. The first-order valence-corrected chi connectivity index (χ1v) is 10.8. The summed E-state index contributed by atoms with van der Waals surface area (Å²) in [6.45, 7) is 3.51. The fraction of sp³-hybridized carbons (Fsp3) is 0.529. The minimum absolute atomic E-state index is 0.0191. The molecule has 12 heteroatoms. The van der Waals surface area contributed by atoms with E-state index in [0.717, 1.165) is 6.42 Å². The number of tetrazole rings is 1. The molecule has 0 amide bonds. The van der Waals surface area contributed by atoms with E-state index in [0.29, 0.717) is 43.5 Å². The molecule has 1 aromatic carbocycles. The van der Waals surface area contributed by atoms with Gasteiger partial charge in [0.15, 0.2) is 23.9 Å². The number of ether oxygens (including phenoxy) is 3. The van der Waals surface area contributed by atoms with E-state index in [-0.39, 0.29) is 24.5 Å². The highest BCUT2D eigenvalue weighted by molar-refractivity contribution is 7.89. The van der Waals surface area contributed by atoms with Gasteiger partial charge in [0.1, 0.15) is 13.2 Å². The summed E-state index contributed by atoms with van der Waals surface area (Å²) >= 11 is 0. The van der Waals surface area contributed by atoms with Crippen molar-refractivity contribution in [2.45, 2.75) is 44.2 Å². The summed E-state index contributed by atoms with van der Waals surface area (Å²) < 4.78 is 44.8. The Labute approximate surface area is 168 Å². The van der Waals surface area contributed by atoms with E-state index >= 15 is 0 Å². The van der Waals surface area contributed by atoms with Gasteiger partial charge < -0.3 is 14.2 Å². The summed E-state index contributed by atoms with van der Waals surface area (Å²) in [7, 11) is -3.72. The van der Waals surface area contributed by atoms with Gasteiger partial charge in [-0.2, -0.15) is 0 Å². The van der Waals surface area contributed by atoms with Crippen LogP contribution in [0.1, 0.15) is 32.0 Å². The minimum atomic E-state index is -3.72. The van der Waals surface area contributed by atoms with Crippen molar-refractivity contribution in [3.8, 4) is 11.5 Å². The molecule has 0 fully saturated rings. The molecule has 0 saturated carbocycles. The van der Waals surface area contributed by atoms with E-state index in [1.165, 1.54) is 12.1 Å². The molecular weight excluding hydrogens is 402 g/mol. The summed E-state index contributed by atoms with van der Waals surface area (Å²) in [5.41, 5.74) is 0. The normalized spacial score (nSPS) is 13.3. The smallest absolute Gasteiger partial charge is 0.306 e. The number of sulfonamides is 1. The lowest BCUT2D eigenvalue weighted by Gasteiger charge is -2.18. The number of hydrogen-bond acceptors (Lipinski definition) is 9. The average molecular weight is 425 g/mol. The van der Waals surface area contributed by atoms with Crippen molar-refractivity contribution in [1.82, 2.24) is 24.9 Å². The molecule has 3 rings (SSSR count). The third kappa shape index (κ3) is 5.64. The highest BCUT2D eigenvalue weighted by Crippen LogP contribution is 2.32. The number of nitrogens with zero attached hydrogens (tertiary/aromatic N) is 4. The Balaban J connectivity index is 1.42. The van der Waals surface area contributed by atoms with Crippen LogP contribution in [0.5, 0.6) is 11.5 Å². The van der Waals surface area contributed by atoms with Crippen LogP contribution < -0.4 is 14.2 Å². The molecule has 1 aliphatic heterocycles. The summed E-state index contributed by atoms with van der Waals surface area (Å²) in [5.74, 6) is 0.935. The van der Waals surface area contributed by atoms with Crippen LogP contribution in [-0.2, 0) is 32.7 Å². The van der Waals surface area contributed by atoms with Gasteiger partial charge in [-0.15, -0.1) is 5.10 Å². The van der Waals surface area contributed by atoms with E-state index in [1.54, 1.807) is 10.7 Å². The Kier molecular flexibility index (Phi) is 6.99. The van der Waals surface area contributed by atoms with E-state index in [4.69, 9.17) is 14.2 Å². The Bertz CT molecular complexity index is 946. The third-order valence-electron chi connectivity index (χ3n) is 4.08. The minimum Gasteiger partial charge on any atom is -0.486 e. The molecule has 0 saturated heterocycles. The molecule has 0 radical (unpaired) electrons. The maximum atomic E-state index is 12.4. The zero-order valence-corrected chi connectivity index (χ0v) is 16.9. The maximum Gasteiger partial charge on any atom is 0.306 e. The molecule has 0 spiro atoms. The number of carbonyl (C=O) groups is 1. The van der Waals surface area contributed by atoms with Gasteiger partial charge in [0.2, 0.25) is 10.0 Å². The van der Waals surface area contributed by atoms with Crippen molar-refractivity contribution in [3.63, 3.8) is 0 Å². The second-order valence-electron chi connectivity index (χ2n) is 6.29. The van der Waals surface area contributed by atoms with Crippen LogP contribution >= 0.6 is 0 Å². The molecule has 1 N–H and O–H groups in total. The van der Waals surface area contributed by atoms with Gasteiger partial charge in [-0.05, 0) is 35.4 Å². The summed E-state index contributed by atoms with van der Waals surface area (Å²) in [5, 5.41) is 11.2. The monoisotopic (exact) mass is 425 g/mol. The third-order valence-corrected chi connectivity index (χ3v) is 5.54. The number of aromatic nitrogens is 4. The highest BCUT2D eigenvalue weighted by atomic mass is 32.2. The second-order valence-corrected chi connectivity index (χ2v) is 8.05. The Morgan fingerprint density at radius 1 is 1.28 bits per heavy atom. The molecule has 158 valence electrons. The number of hydrogen-bond donors (Lipinski definition) is 1. The maximum absolute atomic E-state index is 12.4. The number of aryl methyl sites for hydroxylation is 1. The number of fused-ring (bicyclic) bond motifs is 1. The van der Waals surface area contributed by atoms with Crippen LogP contribution in [-0.4, -0.2) is 54.4 Å². The van der Waals surface area contributed by atoms with Crippen LogP contribution in [0.3, 0.4) is 0 Å². The van der Waals surface area contributed by atoms with Crippen molar-refractivity contribution in [2.24, 2.45) is 0 Å². The van der Waals surface area contributed by atoms with Crippen LogP contribution in [0.4, 0.5) is 0 Å². The molecule has 0 unspecified atom stereocenters. The van der Waals surface area contributed by atoms with Gasteiger partial charge in [0.05, 0.1) is 4.90 Å². The largest absolute Gasteiger partial charge is 0.486 e. The molecule has 2 aromatic rings. The number of nitrogens with one attached hydrogen (secondary N) is 1. The van der Waals surface area contributed by atoms with E-state index in [2.05, 4.69) is 20.2 Å². The molecule has 2 heterocycles. The molecule has 1 aromatic heterocycles. The van der Waals surface area contributed by atoms with Crippen LogP contribution in [0.2, 0.25) is 0 Å². The summed E-state index contributed by atoms with van der Waals surface area (Å²) in [6.07, 6.45) is 1.22. The van der Waals surface area contributed by atoms with Crippen LogP contribution in [0.25, 0.3) is 0 Å². The highest BCUT2D eigenvalue weighted by Gasteiger charge is 2.19. The molecule has 11 nitrogen and oxygen atoms in total. The predicted molar refractivity (Wildman–Crippen MR) is 99.8 cm³/mol. The number of rotatable bonds is 10. The van der Waals surface area contributed by atoms with Crippen LogP contribution in [0, 0.1) is 0 Å². The van der Waals surface area contributed by atoms with Crippen LogP contribution in [0.15, 0.2) is 23.1 Å². The number of esters is 1. The predicted octanol–water partition coefficient (Wildman–Crippen LogP) is 0.656. The fourth-order valence-corrected chi connectivity index (χ4v) is 3.73. The zero-order chi connectivity index (χ0) is 20.7. The van der Waals surface area contributed by atoms with Gasteiger partial charge in [-0.3, -0.25) is 4.79 Å². The van der Waals surface area contributed by atoms with E-state index in [1.807, 2.05) is 6.92 Å². The van der Waals surface area contributed by atoms with Crippen molar-refractivity contribution in [3.05, 3.63) is 24.0 Å². The number of benzene rings is 1. The molecule has 1 aliphatic rings. The average Bonchev–Trinajstić information content (AvgIpc) is 3.17. The van der Waals surface area contributed by atoms with Gasteiger partial charge in [0, 0.05) is 25.6 Å². The van der Waals surface area contributed by atoms with Gasteiger partial charge in [-0.25, -0.2) is 17.8 Å². The first kappa shape index (κ1) is 21.0. The summed E-state index contributed by atoms with van der Waals surface area (Å²) in [6, 6.07) is 4.43. The lowest BCUT2D eigenvalue weighted by atomic mass is 10.3. The Morgan fingerprint density at radius 3 is 2.86 bits per heavy atom. The lowest BCUT2D eigenvalue weighted by Crippen LogP contribution is -2.25. The molecule has 0 aliphatic carbocycles. The topological polar surface area (TPSA) is 135 Å². The first-order valence-electron chi connectivity index (χ1n) is 9.29. The quantitative estimate of drug-likeness (QED) is 0.430. The standard InChI is InChI=1S/C17H23N5O6S/c1-2-8-22-16(19-20-21-22)12-28-17(23)4-3-7-18-29(24,25)13-5-6-14-15(11-13)27-10-9-26-14/h5-6,11,18H,2-4,7-10,12H2,1H3. The lowest BCUT2D eigenvalue weighted by molar-refractivity contribution is -0.145. The van der Waals surface area contributed by atoms with Gasteiger partial charge in [-0.1, -0.05) is 6.92 Å². The molecule has 29 heavy (non-hydrogen) atoms. The fourth-order valence-electron chi connectivity index (χ4n) is 2.64. The summed E-state index contributed by atoms with van der Waals surface area (Å²) in [4.78, 5) is 11.9. The SMILES string of the molecule is CCCn1nnnc1COC(=O)CCCNS(=O)(=O)c1ccc2c(c1)OCCO2. The Hall–Kier alpha value is -2.73. The van der Waals surface area contributed by atoms with Crippen molar-refractivity contribution >= 4 is 16.0 Å². The van der Waals surface area contributed by atoms with E-state index < -0.39 is 16.0 Å². The molecule has 0 atom stereocenters. The Morgan fingerprint density at radius 2 is 2.07 bits per heavy atom. The van der Waals surface area contributed by atoms with Crippen molar-refractivity contribution < 1.29 is 27.4 Å². The van der Waals surface area contributed by atoms with Gasteiger partial charge in [0.25, 0.3) is 0 Å². The molecular formula is C17H23N5O6S. The first-order chi connectivity index (χ1) is 14.0. The van der Waals surface area contributed by atoms with Gasteiger partial charge >= 0.3 is 5.97 Å². The van der Waals surface area contributed by atoms with Crippen molar-refractivity contribution in [2.75, 3.05) is 19.8 Å². The van der Waals surface area contributed by atoms with E-state index in [9.17, 15) is 13.2 Å². The molecule has 0 bridgehead atoms. The zero-order valence-electron chi connectivity index (χ0n) is 16.0. The number of carbonyl (C=O) groups excluding carboxylic acids is 1. The van der Waals surface area contributed by atoms with Crippen molar-refractivity contribution in [1.29, 1.82) is 0 Å².